The van der Waals surface area contributed by atoms with E-state index in [0.29, 0.717) is 26.1 Å². The highest BCUT2D eigenvalue weighted by molar-refractivity contribution is 5.89. The molecule has 2 N–H and O–H groups in total. The zero-order chi connectivity index (χ0) is 14.4. The highest BCUT2D eigenvalue weighted by Crippen LogP contribution is 2.18. The second-order valence-electron chi connectivity index (χ2n) is 5.23. The van der Waals surface area contributed by atoms with Crippen LogP contribution in [-0.4, -0.2) is 60.8 Å². The molecule has 1 saturated heterocycles. The van der Waals surface area contributed by atoms with Crippen molar-refractivity contribution >= 4 is 11.8 Å². The Kier molecular flexibility index (Phi) is 6.24. The van der Waals surface area contributed by atoms with E-state index in [1.54, 1.807) is 18.9 Å². The van der Waals surface area contributed by atoms with Crippen molar-refractivity contribution in [3.05, 3.63) is 0 Å². The Morgan fingerprint density at radius 3 is 2.84 bits per heavy atom. The third-order valence-electron chi connectivity index (χ3n) is 3.23. The molecule has 0 bridgehead atoms. The lowest BCUT2D eigenvalue weighted by Gasteiger charge is -2.19. The fourth-order valence-electron chi connectivity index (χ4n) is 2.30. The Hall–Kier alpha value is -1.14. The summed E-state index contributed by atoms with van der Waals surface area (Å²) in [6.45, 7) is 5.01. The number of methoxy groups -OCH3 is 1. The van der Waals surface area contributed by atoms with Gasteiger partial charge in [0.05, 0.1) is 18.6 Å². The average Bonchev–Trinajstić information content (AvgIpc) is 2.67. The molecule has 1 aliphatic rings. The molecule has 1 heterocycles. The number of amides is 2. The number of ether oxygens (including phenoxy) is 1. The summed E-state index contributed by atoms with van der Waals surface area (Å²) < 4.78 is 4.93. The van der Waals surface area contributed by atoms with Crippen LogP contribution >= 0.6 is 0 Å². The number of rotatable bonds is 7. The van der Waals surface area contributed by atoms with Crippen molar-refractivity contribution in [3.8, 4) is 0 Å². The van der Waals surface area contributed by atoms with Crippen LogP contribution in [0.5, 0.6) is 0 Å². The van der Waals surface area contributed by atoms with E-state index >= 15 is 0 Å². The van der Waals surface area contributed by atoms with Crippen LogP contribution in [0.1, 0.15) is 26.7 Å². The van der Waals surface area contributed by atoms with Crippen molar-refractivity contribution in [3.63, 3.8) is 0 Å². The number of carbonyl (C=O) groups is 2. The highest BCUT2D eigenvalue weighted by Gasteiger charge is 2.34. The molecule has 1 aliphatic heterocycles. The molecule has 1 fully saturated rings. The monoisotopic (exact) mass is 272 g/mol. The van der Waals surface area contributed by atoms with Gasteiger partial charge in [0.25, 0.3) is 0 Å². The van der Waals surface area contributed by atoms with Crippen LogP contribution in [0.25, 0.3) is 0 Å². The lowest BCUT2D eigenvalue weighted by Crippen LogP contribution is -2.39. The van der Waals surface area contributed by atoms with Gasteiger partial charge >= 0.3 is 0 Å². The zero-order valence-electron chi connectivity index (χ0n) is 11.9. The second-order valence-corrected chi connectivity index (χ2v) is 5.23. The van der Waals surface area contributed by atoms with Gasteiger partial charge in [0, 0.05) is 32.7 Å². The summed E-state index contributed by atoms with van der Waals surface area (Å²) in [5, 5.41) is 12.1. The van der Waals surface area contributed by atoms with Crippen LogP contribution in [0.2, 0.25) is 0 Å². The Morgan fingerprint density at radius 2 is 2.26 bits per heavy atom. The van der Waals surface area contributed by atoms with Crippen LogP contribution in [0.4, 0.5) is 0 Å². The number of aliphatic hydroxyl groups excluding tert-OH is 1. The Labute approximate surface area is 114 Å². The van der Waals surface area contributed by atoms with E-state index in [9.17, 15) is 14.7 Å². The minimum Gasteiger partial charge on any atom is -0.393 e. The smallest absolute Gasteiger partial charge is 0.225 e. The maximum Gasteiger partial charge on any atom is 0.225 e. The molecule has 0 radical (unpaired) electrons. The normalized spacial score (nSPS) is 22.4. The molecule has 0 aliphatic carbocycles. The van der Waals surface area contributed by atoms with Crippen molar-refractivity contribution in [2.24, 2.45) is 5.92 Å². The molecular formula is C13H24N2O4. The van der Waals surface area contributed by atoms with Crippen LogP contribution in [0.15, 0.2) is 0 Å². The first kappa shape index (κ1) is 15.9. The molecule has 0 aromatic rings. The number of likely N-dealkylation sites (tertiary alicyclic amines) is 1. The standard InChI is InChI=1S/C13H24N2O4/c1-9(6-10(2)16)14-13(18)11-7-12(17)15(8-11)4-5-19-3/h9-11,16H,4-8H2,1-3H3,(H,14,18). The molecule has 0 aromatic heterocycles. The molecule has 19 heavy (non-hydrogen) atoms. The summed E-state index contributed by atoms with van der Waals surface area (Å²) in [5.74, 6) is -0.400. The fourth-order valence-corrected chi connectivity index (χ4v) is 2.30. The Bertz CT molecular complexity index is 320. The maximum atomic E-state index is 12.0. The molecule has 3 atom stereocenters. The minimum absolute atomic E-state index is 0.000351. The van der Waals surface area contributed by atoms with Gasteiger partial charge in [-0.05, 0) is 20.3 Å². The van der Waals surface area contributed by atoms with E-state index in [1.165, 1.54) is 0 Å². The lowest BCUT2D eigenvalue weighted by atomic mass is 10.1. The number of aliphatic hydroxyl groups is 1. The van der Waals surface area contributed by atoms with Gasteiger partial charge in [-0.3, -0.25) is 9.59 Å². The third kappa shape index (κ3) is 5.16. The molecule has 6 nitrogen and oxygen atoms in total. The van der Waals surface area contributed by atoms with E-state index in [1.807, 2.05) is 6.92 Å². The highest BCUT2D eigenvalue weighted by atomic mass is 16.5. The minimum atomic E-state index is -0.446. The van der Waals surface area contributed by atoms with E-state index in [-0.39, 0.29) is 30.2 Å². The van der Waals surface area contributed by atoms with Crippen molar-refractivity contribution in [1.82, 2.24) is 10.2 Å². The number of nitrogens with zero attached hydrogens (tertiary/aromatic N) is 1. The first-order chi connectivity index (χ1) is 8.93. The quantitative estimate of drug-likeness (QED) is 0.670. The summed E-state index contributed by atoms with van der Waals surface area (Å²) in [6, 6.07) is -0.0874. The summed E-state index contributed by atoms with van der Waals surface area (Å²) in [4.78, 5) is 25.4. The first-order valence-electron chi connectivity index (χ1n) is 6.69. The number of carbonyl (C=O) groups excluding carboxylic acids is 2. The number of hydrogen-bond donors (Lipinski definition) is 2. The molecule has 1 rings (SSSR count). The van der Waals surface area contributed by atoms with Gasteiger partial charge < -0.3 is 20.1 Å². The summed E-state index contributed by atoms with van der Waals surface area (Å²) in [6.07, 6.45) is 0.329. The van der Waals surface area contributed by atoms with E-state index < -0.39 is 6.10 Å². The van der Waals surface area contributed by atoms with Crippen LogP contribution in [0.3, 0.4) is 0 Å². The first-order valence-corrected chi connectivity index (χ1v) is 6.69. The Balaban J connectivity index is 2.40. The van der Waals surface area contributed by atoms with Crippen molar-refractivity contribution in [1.29, 1.82) is 0 Å². The second kappa shape index (κ2) is 7.45. The summed E-state index contributed by atoms with van der Waals surface area (Å²) >= 11 is 0. The molecule has 6 heteroatoms. The van der Waals surface area contributed by atoms with Crippen molar-refractivity contribution in [2.75, 3.05) is 26.8 Å². The number of nitrogens with one attached hydrogen (secondary N) is 1. The molecule has 3 unspecified atom stereocenters. The molecule has 0 spiro atoms. The van der Waals surface area contributed by atoms with E-state index in [4.69, 9.17) is 4.74 Å². The zero-order valence-corrected chi connectivity index (χ0v) is 11.9. The van der Waals surface area contributed by atoms with Gasteiger partial charge in [0.15, 0.2) is 0 Å². The van der Waals surface area contributed by atoms with Crippen LogP contribution in [0, 0.1) is 5.92 Å². The summed E-state index contributed by atoms with van der Waals surface area (Å²) in [5.41, 5.74) is 0. The average molecular weight is 272 g/mol. The Morgan fingerprint density at radius 1 is 1.58 bits per heavy atom. The fraction of sp³-hybridized carbons (Fsp3) is 0.846. The molecule has 0 aromatic carbocycles. The van der Waals surface area contributed by atoms with Gasteiger partial charge in [-0.2, -0.15) is 0 Å². The van der Waals surface area contributed by atoms with Gasteiger partial charge in [-0.25, -0.2) is 0 Å². The predicted octanol–water partition coefficient (Wildman–Crippen LogP) is -0.243. The lowest BCUT2D eigenvalue weighted by molar-refractivity contribution is -0.129. The van der Waals surface area contributed by atoms with Crippen LogP contribution < -0.4 is 5.32 Å². The van der Waals surface area contributed by atoms with Gasteiger partial charge in [0.2, 0.25) is 11.8 Å². The van der Waals surface area contributed by atoms with Crippen molar-refractivity contribution < 1.29 is 19.4 Å². The third-order valence-corrected chi connectivity index (χ3v) is 3.23. The van der Waals surface area contributed by atoms with Crippen LogP contribution in [-0.2, 0) is 14.3 Å². The molecule has 0 saturated carbocycles. The maximum absolute atomic E-state index is 12.0. The SMILES string of the molecule is COCCN1CC(C(=O)NC(C)CC(C)O)CC1=O. The molecule has 110 valence electrons. The molecule has 2 amide bonds. The van der Waals surface area contributed by atoms with Crippen molar-refractivity contribution in [2.45, 2.75) is 38.8 Å². The van der Waals surface area contributed by atoms with Gasteiger partial charge in [0.1, 0.15) is 0 Å². The van der Waals surface area contributed by atoms with E-state index in [2.05, 4.69) is 5.32 Å². The summed E-state index contributed by atoms with van der Waals surface area (Å²) in [7, 11) is 1.59. The van der Waals surface area contributed by atoms with Gasteiger partial charge in [-0.1, -0.05) is 0 Å². The van der Waals surface area contributed by atoms with Gasteiger partial charge in [-0.15, -0.1) is 0 Å². The molecular weight excluding hydrogens is 248 g/mol. The topological polar surface area (TPSA) is 78.9 Å². The largest absolute Gasteiger partial charge is 0.393 e. The van der Waals surface area contributed by atoms with E-state index in [0.717, 1.165) is 0 Å². The number of hydrogen-bond acceptors (Lipinski definition) is 4. The predicted molar refractivity (Wildman–Crippen MR) is 70.5 cm³/mol.